The van der Waals surface area contributed by atoms with E-state index < -0.39 is 0 Å². The topological polar surface area (TPSA) is 61.4 Å². The Morgan fingerprint density at radius 2 is 1.68 bits per heavy atom. The standard InChI is InChI=1S/C17H25N3O2/c1-12-4-6-15(7-5-12)17(22)19-18-16(21)11-20-9-13(2)8-14(3)10-20/h4-7,13-14H,8-11H2,1-3H3,(H,18,21)(H,19,22)/t13-,14-/m0/s1. The first-order valence-corrected chi connectivity index (χ1v) is 7.82. The monoisotopic (exact) mass is 303 g/mol. The third-order valence-electron chi connectivity index (χ3n) is 3.94. The molecule has 0 radical (unpaired) electrons. The summed E-state index contributed by atoms with van der Waals surface area (Å²) in [7, 11) is 0. The minimum Gasteiger partial charge on any atom is -0.294 e. The van der Waals surface area contributed by atoms with Crippen LogP contribution in [0.2, 0.25) is 0 Å². The molecule has 5 nitrogen and oxygen atoms in total. The Bertz CT molecular complexity index is 517. The van der Waals surface area contributed by atoms with E-state index in [1.165, 1.54) is 6.42 Å². The van der Waals surface area contributed by atoms with E-state index in [1.54, 1.807) is 12.1 Å². The highest BCUT2D eigenvalue weighted by molar-refractivity contribution is 5.95. The second-order valence-corrected chi connectivity index (χ2v) is 6.51. The Kier molecular flexibility index (Phi) is 5.55. The number of aryl methyl sites for hydroxylation is 1. The number of piperidine rings is 1. The Balaban J connectivity index is 1.77. The van der Waals surface area contributed by atoms with Crippen molar-refractivity contribution in [3.8, 4) is 0 Å². The summed E-state index contributed by atoms with van der Waals surface area (Å²) < 4.78 is 0. The fourth-order valence-corrected chi connectivity index (χ4v) is 3.07. The van der Waals surface area contributed by atoms with E-state index in [-0.39, 0.29) is 11.8 Å². The minimum absolute atomic E-state index is 0.179. The number of hydrazine groups is 1. The van der Waals surface area contributed by atoms with E-state index in [1.807, 2.05) is 19.1 Å². The van der Waals surface area contributed by atoms with Crippen molar-refractivity contribution >= 4 is 11.8 Å². The summed E-state index contributed by atoms with van der Waals surface area (Å²) in [6.45, 7) is 8.57. The highest BCUT2D eigenvalue weighted by atomic mass is 16.2. The maximum atomic E-state index is 11.9. The molecule has 1 aromatic rings. The number of rotatable bonds is 3. The number of hydrogen-bond acceptors (Lipinski definition) is 3. The molecule has 2 atom stereocenters. The molecule has 1 aromatic carbocycles. The normalized spacial score (nSPS) is 22.1. The van der Waals surface area contributed by atoms with E-state index in [0.29, 0.717) is 23.9 Å². The van der Waals surface area contributed by atoms with Crippen molar-refractivity contribution in [1.82, 2.24) is 15.8 Å². The maximum absolute atomic E-state index is 11.9. The average molecular weight is 303 g/mol. The summed E-state index contributed by atoms with van der Waals surface area (Å²) in [6, 6.07) is 7.22. The van der Waals surface area contributed by atoms with Crippen LogP contribution in [0, 0.1) is 18.8 Å². The molecule has 1 aliphatic heterocycles. The van der Waals surface area contributed by atoms with Crippen LogP contribution in [0.15, 0.2) is 24.3 Å². The van der Waals surface area contributed by atoms with Crippen molar-refractivity contribution in [2.75, 3.05) is 19.6 Å². The smallest absolute Gasteiger partial charge is 0.269 e. The van der Waals surface area contributed by atoms with Gasteiger partial charge in [0.1, 0.15) is 0 Å². The molecule has 1 saturated heterocycles. The molecule has 0 aromatic heterocycles. The molecule has 1 aliphatic rings. The SMILES string of the molecule is Cc1ccc(C(=O)NNC(=O)CN2C[C@@H](C)C[C@H](C)C2)cc1. The van der Waals surface area contributed by atoms with Gasteiger partial charge in [-0.15, -0.1) is 0 Å². The van der Waals surface area contributed by atoms with Crippen molar-refractivity contribution in [2.24, 2.45) is 11.8 Å². The third kappa shape index (κ3) is 4.84. The molecular formula is C17H25N3O2. The molecule has 120 valence electrons. The molecule has 5 heteroatoms. The average Bonchev–Trinajstić information content (AvgIpc) is 2.44. The lowest BCUT2D eigenvalue weighted by molar-refractivity contribution is -0.123. The van der Waals surface area contributed by atoms with Crippen LogP contribution in [0.5, 0.6) is 0 Å². The van der Waals surface area contributed by atoms with Gasteiger partial charge >= 0.3 is 0 Å². The van der Waals surface area contributed by atoms with Gasteiger partial charge in [0, 0.05) is 18.7 Å². The first-order chi connectivity index (χ1) is 10.4. The van der Waals surface area contributed by atoms with Gasteiger partial charge in [-0.1, -0.05) is 31.5 Å². The molecular weight excluding hydrogens is 278 g/mol. The van der Waals surface area contributed by atoms with Crippen molar-refractivity contribution in [3.05, 3.63) is 35.4 Å². The van der Waals surface area contributed by atoms with E-state index in [2.05, 4.69) is 29.6 Å². The number of amides is 2. The number of benzene rings is 1. The van der Waals surface area contributed by atoms with Gasteiger partial charge in [-0.05, 0) is 37.3 Å². The number of carbonyl (C=O) groups excluding carboxylic acids is 2. The van der Waals surface area contributed by atoms with Crippen LogP contribution in [0.3, 0.4) is 0 Å². The van der Waals surface area contributed by atoms with Crippen molar-refractivity contribution in [2.45, 2.75) is 27.2 Å². The number of nitrogens with one attached hydrogen (secondary N) is 2. The second kappa shape index (κ2) is 7.40. The quantitative estimate of drug-likeness (QED) is 0.836. The molecule has 0 spiro atoms. The first-order valence-electron chi connectivity index (χ1n) is 7.82. The van der Waals surface area contributed by atoms with E-state index >= 15 is 0 Å². The molecule has 2 rings (SSSR count). The maximum Gasteiger partial charge on any atom is 0.269 e. The fraction of sp³-hybridized carbons (Fsp3) is 0.529. The molecule has 0 bridgehead atoms. The lowest BCUT2D eigenvalue weighted by atomic mass is 9.92. The van der Waals surface area contributed by atoms with Crippen LogP contribution in [0.4, 0.5) is 0 Å². The van der Waals surface area contributed by atoms with Gasteiger partial charge in [-0.25, -0.2) is 0 Å². The highest BCUT2D eigenvalue weighted by Crippen LogP contribution is 2.20. The molecule has 1 fully saturated rings. The van der Waals surface area contributed by atoms with Gasteiger partial charge in [-0.3, -0.25) is 25.3 Å². The van der Waals surface area contributed by atoms with Crippen molar-refractivity contribution in [1.29, 1.82) is 0 Å². The van der Waals surface area contributed by atoms with Gasteiger partial charge in [0.15, 0.2) is 0 Å². The predicted molar refractivity (Wildman–Crippen MR) is 86.2 cm³/mol. The van der Waals surface area contributed by atoms with E-state index in [4.69, 9.17) is 0 Å². The second-order valence-electron chi connectivity index (χ2n) is 6.51. The summed E-state index contributed by atoms with van der Waals surface area (Å²) in [5, 5.41) is 0. The summed E-state index contributed by atoms with van der Waals surface area (Å²) in [5.41, 5.74) is 6.58. The summed E-state index contributed by atoms with van der Waals surface area (Å²) in [5.74, 6) is 0.743. The van der Waals surface area contributed by atoms with Crippen molar-refractivity contribution in [3.63, 3.8) is 0 Å². The zero-order chi connectivity index (χ0) is 16.1. The zero-order valence-electron chi connectivity index (χ0n) is 13.6. The van der Waals surface area contributed by atoms with Crippen LogP contribution in [0.25, 0.3) is 0 Å². The number of nitrogens with zero attached hydrogens (tertiary/aromatic N) is 1. The summed E-state index contributed by atoms with van der Waals surface area (Å²) >= 11 is 0. The van der Waals surface area contributed by atoms with Crippen LogP contribution < -0.4 is 10.9 Å². The summed E-state index contributed by atoms with van der Waals surface area (Å²) in [6.07, 6.45) is 1.21. The van der Waals surface area contributed by atoms with Crippen LogP contribution in [-0.2, 0) is 4.79 Å². The van der Waals surface area contributed by atoms with Gasteiger partial charge in [0.2, 0.25) is 0 Å². The lowest BCUT2D eigenvalue weighted by Crippen LogP contribution is -2.49. The Hall–Kier alpha value is -1.88. The highest BCUT2D eigenvalue weighted by Gasteiger charge is 2.23. The number of hydrogen-bond donors (Lipinski definition) is 2. The molecule has 2 N–H and O–H groups in total. The fourth-order valence-electron chi connectivity index (χ4n) is 3.07. The largest absolute Gasteiger partial charge is 0.294 e. The van der Waals surface area contributed by atoms with Gasteiger partial charge in [0.25, 0.3) is 11.8 Å². The minimum atomic E-state index is -0.297. The van der Waals surface area contributed by atoms with E-state index in [9.17, 15) is 9.59 Å². The molecule has 1 heterocycles. The van der Waals surface area contributed by atoms with Crippen LogP contribution in [-0.4, -0.2) is 36.3 Å². The molecule has 2 amide bonds. The van der Waals surface area contributed by atoms with Crippen LogP contribution >= 0.6 is 0 Å². The Morgan fingerprint density at radius 3 is 2.27 bits per heavy atom. The van der Waals surface area contributed by atoms with Gasteiger partial charge < -0.3 is 0 Å². The molecule has 22 heavy (non-hydrogen) atoms. The predicted octanol–water partition coefficient (Wildman–Crippen LogP) is 1.73. The summed E-state index contributed by atoms with van der Waals surface area (Å²) in [4.78, 5) is 26.0. The first kappa shape index (κ1) is 16.5. The van der Waals surface area contributed by atoms with E-state index in [0.717, 1.165) is 18.7 Å². The third-order valence-corrected chi connectivity index (χ3v) is 3.94. The number of carbonyl (C=O) groups is 2. The van der Waals surface area contributed by atoms with Crippen LogP contribution in [0.1, 0.15) is 36.2 Å². The molecule has 0 saturated carbocycles. The lowest BCUT2D eigenvalue weighted by Gasteiger charge is -2.34. The van der Waals surface area contributed by atoms with Gasteiger partial charge in [0.05, 0.1) is 6.54 Å². The Morgan fingerprint density at radius 1 is 1.09 bits per heavy atom. The molecule has 0 unspecified atom stereocenters. The zero-order valence-corrected chi connectivity index (χ0v) is 13.6. The number of likely N-dealkylation sites (tertiary alicyclic amines) is 1. The van der Waals surface area contributed by atoms with Crippen molar-refractivity contribution < 1.29 is 9.59 Å². The Labute approximate surface area is 132 Å². The van der Waals surface area contributed by atoms with Gasteiger partial charge in [-0.2, -0.15) is 0 Å². The molecule has 0 aliphatic carbocycles.